The number of nitrogens with zero attached hydrogens (tertiary/aromatic N) is 1. The Morgan fingerprint density at radius 2 is 1.36 bits per heavy atom. The molecule has 1 aromatic heterocycles. The number of aliphatic hydroxyl groups is 7. The minimum absolute atomic E-state index is 0.103. The van der Waals surface area contributed by atoms with E-state index < -0.39 is 121 Å². The van der Waals surface area contributed by atoms with Gasteiger partial charge in [0.2, 0.25) is 11.8 Å². The molecule has 2 amide bonds. The molecule has 332 valence electrons. The fraction of sp³-hybridized carbons (Fsp3) is 0.846. The van der Waals surface area contributed by atoms with Gasteiger partial charge >= 0.3 is 5.69 Å². The Hall–Kier alpha value is -2.82. The Bertz CT molecular complexity index is 1550. The lowest BCUT2D eigenvalue weighted by molar-refractivity contribution is -0.346. The average molecular weight is 831 g/mol. The highest BCUT2D eigenvalue weighted by atomic mass is 16.8. The molecule has 3 aliphatic rings. The number of carbonyl (C=O) groups excluding carboxylic acids is 2. The van der Waals surface area contributed by atoms with Gasteiger partial charge in [-0.3, -0.25) is 23.9 Å². The van der Waals surface area contributed by atoms with Crippen LogP contribution in [0.3, 0.4) is 0 Å². The van der Waals surface area contributed by atoms with Gasteiger partial charge in [0.1, 0.15) is 54.8 Å². The standard InChI is InChI=1S/C39H66N4O15/c1-5-20(2)14-12-10-8-6-7-9-11-13-15-25(46)41-28-32(51)29(48)23(55-38(28)58-37-27(40-22(4)45)31(50)30(49)24(19-44)56-37)18-21(3)35-33(52)34(53)36(57-35)43-17-16-26(47)42-39(43)54/h16-17,20-21,23-24,27-38,44,48-53H,5-15,18-19H2,1-4H3,(H,40,45)(H,41,46)(H,42,47,54)/t20?,21-,23-,24+,27-,28-,29+,30+,31-,32-,33+,34-,35-,36-,37+,38+/m1/s1. The highest BCUT2D eigenvalue weighted by molar-refractivity contribution is 5.76. The maximum absolute atomic E-state index is 13.3. The SMILES string of the molecule is CCC(C)CCCCCCCCCCC(=O)N[C@H]1[C@H](O[C@@H]2O[C@@H](CO)[C@H](O)[C@H](O)[C@H]2NC(C)=O)O[C@H](C[C@@H](C)[C@H]2O[C@@H](n3ccc(=O)[nH]c3=O)[C@H](O)[C@@H]2O)[C@H](O)[C@@H]1O. The molecule has 3 saturated heterocycles. The molecular weight excluding hydrogens is 764 g/mol. The Labute approximate surface area is 338 Å². The number of hydrogen-bond donors (Lipinski definition) is 10. The first-order valence-corrected chi connectivity index (χ1v) is 20.8. The topological polar surface area (TPSA) is 292 Å². The molecule has 4 heterocycles. The lowest BCUT2D eigenvalue weighted by Gasteiger charge is -2.47. The van der Waals surface area contributed by atoms with Crippen molar-refractivity contribution in [2.45, 2.75) is 191 Å². The van der Waals surface area contributed by atoms with Crippen LogP contribution in [0, 0.1) is 11.8 Å². The quantitative estimate of drug-likeness (QED) is 0.0667. The van der Waals surface area contributed by atoms with Gasteiger partial charge in [-0.2, -0.15) is 0 Å². The van der Waals surface area contributed by atoms with Gasteiger partial charge in [0.05, 0.1) is 18.8 Å². The molecule has 0 spiro atoms. The molecule has 4 rings (SSSR count). The fourth-order valence-electron chi connectivity index (χ4n) is 7.93. The zero-order valence-corrected chi connectivity index (χ0v) is 33.9. The van der Waals surface area contributed by atoms with Crippen LogP contribution in [0.4, 0.5) is 0 Å². The van der Waals surface area contributed by atoms with Crippen molar-refractivity contribution in [3.63, 3.8) is 0 Å². The number of aliphatic hydroxyl groups excluding tert-OH is 7. The van der Waals surface area contributed by atoms with Gasteiger partial charge in [-0.25, -0.2) is 4.79 Å². The largest absolute Gasteiger partial charge is 0.394 e. The highest BCUT2D eigenvalue weighted by Crippen LogP contribution is 2.37. The maximum Gasteiger partial charge on any atom is 0.330 e. The zero-order valence-electron chi connectivity index (χ0n) is 33.9. The van der Waals surface area contributed by atoms with E-state index in [9.17, 15) is 54.9 Å². The summed E-state index contributed by atoms with van der Waals surface area (Å²) in [5.74, 6) is -1.05. The van der Waals surface area contributed by atoms with E-state index in [1.807, 2.05) is 0 Å². The van der Waals surface area contributed by atoms with E-state index in [0.717, 1.165) is 55.4 Å². The summed E-state index contributed by atoms with van der Waals surface area (Å²) in [6.45, 7) is 6.52. The maximum atomic E-state index is 13.3. The van der Waals surface area contributed by atoms with Gasteiger partial charge in [-0.1, -0.05) is 78.6 Å². The fourth-order valence-corrected chi connectivity index (χ4v) is 7.93. The monoisotopic (exact) mass is 830 g/mol. The first kappa shape index (κ1) is 47.9. The minimum Gasteiger partial charge on any atom is -0.394 e. The van der Waals surface area contributed by atoms with Crippen LogP contribution in [-0.4, -0.2) is 143 Å². The number of aromatic amines is 1. The summed E-state index contributed by atoms with van der Waals surface area (Å²) in [5, 5.41) is 81.0. The van der Waals surface area contributed by atoms with E-state index in [1.54, 1.807) is 6.92 Å². The summed E-state index contributed by atoms with van der Waals surface area (Å²) in [7, 11) is 0. The molecule has 10 N–H and O–H groups in total. The number of ether oxygens (including phenoxy) is 4. The van der Waals surface area contributed by atoms with Gasteiger partial charge in [-0.05, 0) is 24.7 Å². The third-order valence-electron chi connectivity index (χ3n) is 11.7. The molecule has 0 aliphatic carbocycles. The molecule has 3 aliphatic heterocycles. The average Bonchev–Trinajstić information content (AvgIpc) is 3.48. The van der Waals surface area contributed by atoms with Crippen molar-refractivity contribution in [3.8, 4) is 0 Å². The van der Waals surface area contributed by atoms with Gasteiger partial charge < -0.3 is 65.3 Å². The van der Waals surface area contributed by atoms with Gasteiger partial charge in [0.15, 0.2) is 18.8 Å². The smallest absolute Gasteiger partial charge is 0.330 e. The Morgan fingerprint density at radius 1 is 0.793 bits per heavy atom. The lowest BCUT2D eigenvalue weighted by atomic mass is 9.87. The second-order valence-electron chi connectivity index (χ2n) is 16.3. The first-order chi connectivity index (χ1) is 27.6. The molecule has 3 fully saturated rings. The number of amides is 2. The van der Waals surface area contributed by atoms with Gasteiger partial charge in [-0.15, -0.1) is 0 Å². The van der Waals surface area contributed by atoms with Crippen LogP contribution >= 0.6 is 0 Å². The van der Waals surface area contributed by atoms with E-state index >= 15 is 0 Å². The molecular formula is C39H66N4O15. The van der Waals surface area contributed by atoms with E-state index in [0.29, 0.717) is 6.42 Å². The summed E-state index contributed by atoms with van der Waals surface area (Å²) in [4.78, 5) is 51.4. The Kier molecular flexibility index (Phi) is 18.7. The molecule has 1 aromatic rings. The molecule has 58 heavy (non-hydrogen) atoms. The van der Waals surface area contributed by atoms with Crippen LogP contribution in [0.25, 0.3) is 0 Å². The first-order valence-electron chi connectivity index (χ1n) is 20.8. The van der Waals surface area contributed by atoms with Crippen LogP contribution in [0.5, 0.6) is 0 Å². The third kappa shape index (κ3) is 12.6. The van der Waals surface area contributed by atoms with Crippen molar-refractivity contribution in [1.82, 2.24) is 20.2 Å². The number of rotatable bonds is 21. The number of hydrogen-bond acceptors (Lipinski definition) is 15. The van der Waals surface area contributed by atoms with Crippen molar-refractivity contribution in [1.29, 1.82) is 0 Å². The van der Waals surface area contributed by atoms with E-state index in [2.05, 4.69) is 29.5 Å². The highest BCUT2D eigenvalue weighted by Gasteiger charge is 2.53. The Balaban J connectivity index is 1.44. The van der Waals surface area contributed by atoms with E-state index in [-0.39, 0.29) is 12.8 Å². The summed E-state index contributed by atoms with van der Waals surface area (Å²) >= 11 is 0. The van der Waals surface area contributed by atoms with Gasteiger partial charge in [0.25, 0.3) is 5.56 Å². The lowest BCUT2D eigenvalue weighted by Crippen LogP contribution is -2.68. The molecule has 0 bridgehead atoms. The Morgan fingerprint density at radius 3 is 1.95 bits per heavy atom. The third-order valence-corrected chi connectivity index (χ3v) is 11.7. The second-order valence-corrected chi connectivity index (χ2v) is 16.3. The van der Waals surface area contributed by atoms with E-state index in [4.69, 9.17) is 18.9 Å². The number of carbonyl (C=O) groups is 2. The van der Waals surface area contributed by atoms with Crippen molar-refractivity contribution in [2.24, 2.45) is 11.8 Å². The van der Waals surface area contributed by atoms with Crippen molar-refractivity contribution in [2.75, 3.05) is 6.61 Å². The van der Waals surface area contributed by atoms with Crippen molar-refractivity contribution < 1.29 is 64.3 Å². The normalized spacial score (nSPS) is 35.0. The number of H-pyrrole nitrogens is 1. The molecule has 16 atom stereocenters. The minimum atomic E-state index is -1.71. The van der Waals surface area contributed by atoms with Crippen LogP contribution in [-0.2, 0) is 28.5 Å². The van der Waals surface area contributed by atoms with Crippen LogP contribution in [0.1, 0.15) is 111 Å². The van der Waals surface area contributed by atoms with Crippen LogP contribution in [0.15, 0.2) is 21.9 Å². The molecule has 0 saturated carbocycles. The number of unbranched alkanes of at least 4 members (excludes halogenated alkanes) is 7. The summed E-state index contributed by atoms with van der Waals surface area (Å²) in [6.07, 6.45) is -6.40. The predicted octanol–water partition coefficient (Wildman–Crippen LogP) is -0.979. The summed E-state index contributed by atoms with van der Waals surface area (Å²) in [6, 6.07) is -1.75. The van der Waals surface area contributed by atoms with Crippen LogP contribution < -0.4 is 21.9 Å². The molecule has 0 aromatic carbocycles. The van der Waals surface area contributed by atoms with Gasteiger partial charge in [0, 0.05) is 25.6 Å². The molecule has 19 heteroatoms. The molecule has 1 unspecified atom stereocenters. The number of aromatic nitrogens is 2. The van der Waals surface area contributed by atoms with Crippen molar-refractivity contribution >= 4 is 11.8 Å². The number of nitrogens with one attached hydrogen (secondary N) is 3. The molecule has 19 nitrogen and oxygen atoms in total. The predicted molar refractivity (Wildman–Crippen MR) is 206 cm³/mol. The zero-order chi connectivity index (χ0) is 42.7. The van der Waals surface area contributed by atoms with Crippen LogP contribution in [0.2, 0.25) is 0 Å². The molecule has 0 radical (unpaired) electrons. The summed E-state index contributed by atoms with van der Waals surface area (Å²) in [5.41, 5.74) is -1.54. The second kappa shape index (κ2) is 22.7. The van der Waals surface area contributed by atoms with E-state index in [1.165, 1.54) is 32.1 Å². The van der Waals surface area contributed by atoms with Crippen molar-refractivity contribution in [3.05, 3.63) is 33.1 Å². The summed E-state index contributed by atoms with van der Waals surface area (Å²) < 4.78 is 24.8.